The average Bonchev–Trinajstić information content (AvgIpc) is 3.13. The van der Waals surface area contributed by atoms with Gasteiger partial charge in [-0.25, -0.2) is 4.79 Å². The summed E-state index contributed by atoms with van der Waals surface area (Å²) in [5, 5.41) is 2.78. The second-order valence-electron chi connectivity index (χ2n) is 9.94. The van der Waals surface area contributed by atoms with Gasteiger partial charge in [0.1, 0.15) is 11.9 Å². The number of nitrogens with zero attached hydrogens (tertiary/aromatic N) is 1. The molecule has 2 fully saturated rings. The number of benzene rings is 2. The Balaban J connectivity index is 1.57. The Morgan fingerprint density at radius 3 is 2.35 bits per heavy atom. The van der Waals surface area contributed by atoms with E-state index in [1.807, 2.05) is 4.57 Å². The fourth-order valence-electron chi connectivity index (χ4n) is 5.02. The number of rotatable bonds is 6. The van der Waals surface area contributed by atoms with E-state index in [1.54, 1.807) is 50.2 Å². The Hall–Kier alpha value is -3.20. The number of hydrogen-bond donors (Lipinski definition) is 1. The molecule has 1 aliphatic heterocycles. The molecule has 3 aromatic rings. The zero-order valence-corrected chi connectivity index (χ0v) is 20.9. The van der Waals surface area contributed by atoms with Crippen LogP contribution >= 0.6 is 0 Å². The number of amides is 1. The minimum Gasteiger partial charge on any atom is -0.490 e. The SMILES string of the molecule is CC(C)OC(=O)Nc1ccc(-c2c(C(F)(F)F)c3ccc(OC4CCOCC4)cc3n2C2CCC2)cc1. The van der Waals surface area contributed by atoms with Crippen molar-refractivity contribution in [2.24, 2.45) is 0 Å². The molecule has 0 bridgehead atoms. The lowest BCUT2D eigenvalue weighted by Crippen LogP contribution is -2.25. The van der Waals surface area contributed by atoms with Crippen LogP contribution in [0.5, 0.6) is 5.75 Å². The summed E-state index contributed by atoms with van der Waals surface area (Å²) in [4.78, 5) is 11.9. The molecule has 0 atom stereocenters. The first-order valence-corrected chi connectivity index (χ1v) is 12.8. The number of carbonyl (C=O) groups excluding carboxylic acids is 1. The maximum atomic E-state index is 14.6. The molecule has 2 heterocycles. The minimum absolute atomic E-state index is 0.0118. The van der Waals surface area contributed by atoms with Crippen LogP contribution in [0, 0.1) is 0 Å². The minimum atomic E-state index is -4.55. The highest BCUT2D eigenvalue weighted by molar-refractivity contribution is 5.94. The van der Waals surface area contributed by atoms with Crippen LogP contribution in [-0.4, -0.2) is 36.1 Å². The molecule has 1 aliphatic carbocycles. The van der Waals surface area contributed by atoms with Crippen molar-refractivity contribution in [2.75, 3.05) is 18.5 Å². The Bertz CT molecular complexity index is 1260. The van der Waals surface area contributed by atoms with Crippen LogP contribution in [0.1, 0.15) is 57.6 Å². The van der Waals surface area contributed by atoms with Crippen LogP contribution in [-0.2, 0) is 15.7 Å². The number of hydrogen-bond acceptors (Lipinski definition) is 4. The topological polar surface area (TPSA) is 61.7 Å². The Kier molecular flexibility index (Phi) is 7.07. The normalized spacial score (nSPS) is 17.1. The van der Waals surface area contributed by atoms with Crippen LogP contribution in [0.15, 0.2) is 42.5 Å². The van der Waals surface area contributed by atoms with Gasteiger partial charge in [0.05, 0.1) is 36.1 Å². The zero-order valence-electron chi connectivity index (χ0n) is 20.9. The van der Waals surface area contributed by atoms with Crippen molar-refractivity contribution in [2.45, 2.75) is 70.4 Å². The first-order valence-electron chi connectivity index (χ1n) is 12.8. The molecular weight excluding hydrogens is 485 g/mol. The highest BCUT2D eigenvalue weighted by Gasteiger charge is 2.41. The van der Waals surface area contributed by atoms with Gasteiger partial charge >= 0.3 is 12.3 Å². The van der Waals surface area contributed by atoms with Crippen molar-refractivity contribution < 1.29 is 32.2 Å². The summed E-state index contributed by atoms with van der Waals surface area (Å²) in [5.41, 5.74) is 0.907. The maximum Gasteiger partial charge on any atom is 0.419 e. The number of alkyl halides is 3. The molecule has 5 rings (SSSR count). The number of halogens is 3. The molecule has 6 nitrogen and oxygen atoms in total. The Morgan fingerprint density at radius 2 is 1.76 bits per heavy atom. The molecule has 0 radical (unpaired) electrons. The molecule has 1 aromatic heterocycles. The summed E-state index contributed by atoms with van der Waals surface area (Å²) < 4.78 is 62.2. The number of fused-ring (bicyclic) bond motifs is 1. The second kappa shape index (κ2) is 10.3. The second-order valence-corrected chi connectivity index (χ2v) is 9.94. The highest BCUT2D eigenvalue weighted by atomic mass is 19.4. The Labute approximate surface area is 213 Å². The van der Waals surface area contributed by atoms with Gasteiger partial charge in [-0.15, -0.1) is 0 Å². The van der Waals surface area contributed by atoms with E-state index in [-0.39, 0.29) is 29.3 Å². The van der Waals surface area contributed by atoms with Crippen LogP contribution in [0.3, 0.4) is 0 Å². The third kappa shape index (κ3) is 5.42. The van der Waals surface area contributed by atoms with Crippen LogP contribution in [0.2, 0.25) is 0 Å². The summed E-state index contributed by atoms with van der Waals surface area (Å²) in [6.07, 6.45) is -1.33. The van der Waals surface area contributed by atoms with Crippen molar-refractivity contribution in [3.8, 4) is 17.0 Å². The van der Waals surface area contributed by atoms with Gasteiger partial charge in [-0.3, -0.25) is 5.32 Å². The summed E-state index contributed by atoms with van der Waals surface area (Å²) in [6, 6.07) is 11.3. The number of ether oxygens (including phenoxy) is 3. The summed E-state index contributed by atoms with van der Waals surface area (Å²) in [5.74, 6) is 0.570. The molecule has 1 saturated carbocycles. The lowest BCUT2D eigenvalue weighted by molar-refractivity contribution is -0.135. The number of aromatic nitrogens is 1. The molecule has 0 spiro atoms. The van der Waals surface area contributed by atoms with Gasteiger partial charge in [0.2, 0.25) is 0 Å². The van der Waals surface area contributed by atoms with Gasteiger partial charge in [0, 0.05) is 36.0 Å². The largest absolute Gasteiger partial charge is 0.490 e. The summed E-state index contributed by atoms with van der Waals surface area (Å²) >= 11 is 0. The van der Waals surface area contributed by atoms with Gasteiger partial charge in [-0.05, 0) is 62.9 Å². The Morgan fingerprint density at radius 1 is 1.05 bits per heavy atom. The molecule has 2 aromatic carbocycles. The van der Waals surface area contributed by atoms with E-state index >= 15 is 0 Å². The zero-order chi connectivity index (χ0) is 26.2. The predicted molar refractivity (Wildman–Crippen MR) is 135 cm³/mol. The van der Waals surface area contributed by atoms with E-state index in [9.17, 15) is 18.0 Å². The fourth-order valence-corrected chi connectivity index (χ4v) is 5.02. The van der Waals surface area contributed by atoms with Crippen molar-refractivity contribution in [3.05, 3.63) is 48.0 Å². The molecule has 198 valence electrons. The van der Waals surface area contributed by atoms with E-state index < -0.39 is 17.8 Å². The molecule has 37 heavy (non-hydrogen) atoms. The van der Waals surface area contributed by atoms with Gasteiger partial charge in [-0.2, -0.15) is 13.2 Å². The van der Waals surface area contributed by atoms with Crippen LogP contribution in [0.25, 0.3) is 22.2 Å². The lowest BCUT2D eigenvalue weighted by Gasteiger charge is -2.30. The van der Waals surface area contributed by atoms with Gasteiger partial charge in [-0.1, -0.05) is 12.1 Å². The van der Waals surface area contributed by atoms with E-state index in [4.69, 9.17) is 14.2 Å². The quantitative estimate of drug-likeness (QED) is 0.367. The molecule has 9 heteroatoms. The number of nitrogens with one attached hydrogen (secondary N) is 1. The third-order valence-electron chi connectivity index (χ3n) is 6.92. The number of carbonyl (C=O) groups is 1. The lowest BCUT2D eigenvalue weighted by atomic mass is 9.92. The standard InChI is InChI=1S/C28H31F3N2O4/c1-17(2)36-27(34)32-19-8-6-18(7-9-19)26-25(28(29,30)31)23-11-10-22(37-21-12-14-35-15-13-21)16-24(23)33(26)20-4-3-5-20/h6-11,16-17,20-21H,3-5,12-15H2,1-2H3,(H,32,34). The monoisotopic (exact) mass is 516 g/mol. The molecule has 1 amide bonds. The smallest absolute Gasteiger partial charge is 0.419 e. The van der Waals surface area contributed by atoms with Crippen molar-refractivity contribution in [3.63, 3.8) is 0 Å². The highest BCUT2D eigenvalue weighted by Crippen LogP contribution is 2.49. The molecule has 1 N–H and O–H groups in total. The van der Waals surface area contributed by atoms with E-state index in [0.29, 0.717) is 35.7 Å². The van der Waals surface area contributed by atoms with Gasteiger partial charge in [0.25, 0.3) is 0 Å². The number of anilines is 1. The molecule has 1 saturated heterocycles. The van der Waals surface area contributed by atoms with E-state index in [2.05, 4.69) is 5.32 Å². The van der Waals surface area contributed by atoms with Gasteiger partial charge < -0.3 is 18.8 Å². The summed E-state index contributed by atoms with van der Waals surface area (Å²) in [7, 11) is 0. The first-order chi connectivity index (χ1) is 17.7. The van der Waals surface area contributed by atoms with Crippen molar-refractivity contribution in [1.82, 2.24) is 4.57 Å². The third-order valence-corrected chi connectivity index (χ3v) is 6.92. The summed E-state index contributed by atoms with van der Waals surface area (Å²) in [6.45, 7) is 4.71. The molecule has 0 unspecified atom stereocenters. The van der Waals surface area contributed by atoms with Crippen molar-refractivity contribution >= 4 is 22.7 Å². The first kappa shape index (κ1) is 25.4. The predicted octanol–water partition coefficient (Wildman–Crippen LogP) is 7.57. The average molecular weight is 517 g/mol. The van der Waals surface area contributed by atoms with Crippen molar-refractivity contribution in [1.29, 1.82) is 0 Å². The fraction of sp³-hybridized carbons (Fsp3) is 0.464. The van der Waals surface area contributed by atoms with E-state index in [1.165, 1.54) is 6.07 Å². The van der Waals surface area contributed by atoms with Crippen LogP contribution < -0.4 is 10.1 Å². The van der Waals surface area contributed by atoms with Gasteiger partial charge in [0.15, 0.2) is 0 Å². The molecule has 2 aliphatic rings. The van der Waals surface area contributed by atoms with E-state index in [0.717, 1.165) is 32.1 Å². The van der Waals surface area contributed by atoms with Crippen LogP contribution in [0.4, 0.5) is 23.7 Å². The molecular formula is C28H31F3N2O4. The maximum absolute atomic E-state index is 14.6.